The van der Waals surface area contributed by atoms with Gasteiger partial charge in [0.25, 0.3) is 5.09 Å². The minimum atomic E-state index is -1.50. The summed E-state index contributed by atoms with van der Waals surface area (Å²) in [5, 5.41) is 13.6. The van der Waals surface area contributed by atoms with E-state index in [2.05, 4.69) is 62.0 Å². The first-order chi connectivity index (χ1) is 15.3. The van der Waals surface area contributed by atoms with Crippen molar-refractivity contribution >= 4 is 31.9 Å². The van der Waals surface area contributed by atoms with Gasteiger partial charge in [-0.15, -0.1) is 10.1 Å². The Balaban J connectivity index is 0.000000668. The van der Waals surface area contributed by atoms with E-state index in [1.807, 2.05) is 35.0 Å². The first-order valence-corrected chi connectivity index (χ1v) is 11.1. The maximum atomic E-state index is 8.36. The van der Waals surface area contributed by atoms with Gasteiger partial charge in [-0.05, 0) is 42.8 Å². The molecule has 3 aromatic rings. The number of hydrogen-bond acceptors (Lipinski definition) is 6. The molecule has 2 heterocycles. The molecule has 0 amide bonds. The number of nitrogens with zero attached hydrogens (tertiary/aromatic N) is 3. The fourth-order valence-electron chi connectivity index (χ4n) is 3.14. The van der Waals surface area contributed by atoms with Crippen LogP contribution in [-0.4, -0.2) is 39.2 Å². The van der Waals surface area contributed by atoms with Crippen molar-refractivity contribution in [3.05, 3.63) is 91.4 Å². The van der Waals surface area contributed by atoms with Crippen LogP contribution in [-0.2, 0) is 21.8 Å². The topological polar surface area (TPSA) is 109 Å². The molecule has 11 heteroatoms. The third kappa shape index (κ3) is 6.52. The molecule has 0 radical (unpaired) electrons. The summed E-state index contributed by atoms with van der Waals surface area (Å²) in [7, 11) is 0. The molecular weight excluding hydrogens is 550 g/mol. The monoisotopic (exact) mass is 569 g/mol. The van der Waals surface area contributed by atoms with Crippen LogP contribution in [0.1, 0.15) is 11.1 Å². The summed E-state index contributed by atoms with van der Waals surface area (Å²) in [5.74, 6) is -0.0815. The van der Waals surface area contributed by atoms with E-state index in [0.29, 0.717) is 19.8 Å². The number of halogens is 2. The molecule has 170 valence electrons. The van der Waals surface area contributed by atoms with Crippen molar-refractivity contribution in [3.8, 4) is 5.75 Å². The SMILES string of the molecule is Cc1ccc(C2(Cn3ccnc3)OCC(COc3ccc(Br)cc3)O2)cc1Br.O=[N+]([O-])O. The Kier molecular flexibility index (Phi) is 8.24. The molecule has 1 N–H and O–H groups in total. The van der Waals surface area contributed by atoms with Crippen LogP contribution >= 0.6 is 31.9 Å². The first kappa shape index (κ1) is 24.2. The molecule has 0 bridgehead atoms. The van der Waals surface area contributed by atoms with Crippen molar-refractivity contribution in [3.63, 3.8) is 0 Å². The highest BCUT2D eigenvalue weighted by atomic mass is 79.9. The molecule has 1 aromatic heterocycles. The molecular formula is C21H21Br2N3O6. The third-order valence-corrected chi connectivity index (χ3v) is 6.05. The quantitative estimate of drug-likeness (QED) is 0.337. The van der Waals surface area contributed by atoms with E-state index < -0.39 is 10.9 Å². The van der Waals surface area contributed by atoms with Crippen LogP contribution in [0.4, 0.5) is 0 Å². The Hall–Kier alpha value is -2.47. The van der Waals surface area contributed by atoms with Crippen LogP contribution in [0.15, 0.2) is 70.1 Å². The maximum absolute atomic E-state index is 8.36. The average molecular weight is 571 g/mol. The lowest BCUT2D eigenvalue weighted by Gasteiger charge is -2.29. The Morgan fingerprint density at radius 3 is 2.66 bits per heavy atom. The van der Waals surface area contributed by atoms with Crippen LogP contribution < -0.4 is 4.74 Å². The van der Waals surface area contributed by atoms with Gasteiger partial charge in [-0.2, -0.15) is 0 Å². The van der Waals surface area contributed by atoms with Gasteiger partial charge in [0, 0.05) is 26.9 Å². The van der Waals surface area contributed by atoms with E-state index in [1.165, 1.54) is 0 Å². The van der Waals surface area contributed by atoms with Crippen molar-refractivity contribution in [2.45, 2.75) is 25.4 Å². The van der Waals surface area contributed by atoms with Gasteiger partial charge in [-0.1, -0.05) is 44.0 Å². The Bertz CT molecular complexity index is 1030. The molecule has 0 spiro atoms. The smallest absolute Gasteiger partial charge is 0.291 e. The molecule has 32 heavy (non-hydrogen) atoms. The Morgan fingerprint density at radius 1 is 1.31 bits per heavy atom. The fourth-order valence-corrected chi connectivity index (χ4v) is 3.79. The summed E-state index contributed by atoms with van der Waals surface area (Å²) in [6.07, 6.45) is 5.25. The molecule has 1 aliphatic heterocycles. The van der Waals surface area contributed by atoms with Gasteiger partial charge in [0.15, 0.2) is 0 Å². The van der Waals surface area contributed by atoms with E-state index in [9.17, 15) is 0 Å². The number of hydrogen-bond donors (Lipinski definition) is 1. The standard InChI is InChI=1S/C21H20Br2N2O3.HNO3/c1-15-2-3-16(10-20(15)23)21(13-25-9-8-24-14-25)27-12-19(28-21)11-26-18-6-4-17(22)5-7-18;2-1(3)4/h2-10,14,19H,11-13H2,1H3;(H,2,3,4). The number of aromatic nitrogens is 2. The van der Waals surface area contributed by atoms with Gasteiger partial charge in [0.1, 0.15) is 18.5 Å². The van der Waals surface area contributed by atoms with Gasteiger partial charge in [0.2, 0.25) is 5.79 Å². The lowest BCUT2D eigenvalue weighted by molar-refractivity contribution is -0.742. The summed E-state index contributed by atoms with van der Waals surface area (Å²) in [6.45, 7) is 3.44. The number of imidazole rings is 1. The molecule has 1 fully saturated rings. The van der Waals surface area contributed by atoms with E-state index in [4.69, 9.17) is 29.5 Å². The van der Waals surface area contributed by atoms with Crippen molar-refractivity contribution in [2.24, 2.45) is 0 Å². The molecule has 0 aliphatic carbocycles. The summed E-state index contributed by atoms with van der Waals surface area (Å²) in [6, 6.07) is 13.9. The second-order valence-corrected chi connectivity index (χ2v) is 8.78. The first-order valence-electron chi connectivity index (χ1n) is 9.53. The lowest BCUT2D eigenvalue weighted by atomic mass is 10.0. The number of ether oxygens (including phenoxy) is 3. The van der Waals surface area contributed by atoms with E-state index >= 15 is 0 Å². The molecule has 2 aromatic carbocycles. The summed E-state index contributed by atoms with van der Waals surface area (Å²) in [5.41, 5.74) is 2.12. The predicted octanol–water partition coefficient (Wildman–Crippen LogP) is 4.72. The van der Waals surface area contributed by atoms with Crippen molar-refractivity contribution in [1.29, 1.82) is 0 Å². The van der Waals surface area contributed by atoms with Crippen molar-refractivity contribution in [1.82, 2.24) is 9.55 Å². The number of rotatable bonds is 6. The van der Waals surface area contributed by atoms with Gasteiger partial charge in [0.05, 0.1) is 19.5 Å². The molecule has 2 atom stereocenters. The van der Waals surface area contributed by atoms with E-state index in [1.54, 1.807) is 12.5 Å². The highest BCUT2D eigenvalue weighted by Gasteiger charge is 2.44. The second kappa shape index (κ2) is 10.9. The zero-order valence-corrected chi connectivity index (χ0v) is 20.2. The van der Waals surface area contributed by atoms with Crippen LogP contribution in [0.2, 0.25) is 0 Å². The van der Waals surface area contributed by atoms with Gasteiger partial charge < -0.3 is 24.0 Å². The van der Waals surface area contributed by atoms with Crippen molar-refractivity contribution in [2.75, 3.05) is 13.2 Å². The normalized spacial score (nSPS) is 19.8. The van der Waals surface area contributed by atoms with E-state index in [-0.39, 0.29) is 6.10 Å². The molecule has 4 rings (SSSR count). The van der Waals surface area contributed by atoms with Gasteiger partial charge in [-0.25, -0.2) is 4.98 Å². The highest BCUT2D eigenvalue weighted by molar-refractivity contribution is 9.10. The maximum Gasteiger partial charge on any atom is 0.291 e. The predicted molar refractivity (Wildman–Crippen MR) is 122 cm³/mol. The summed E-state index contributed by atoms with van der Waals surface area (Å²) < 4.78 is 22.6. The van der Waals surface area contributed by atoms with Crippen LogP contribution in [0, 0.1) is 17.0 Å². The molecule has 2 unspecified atom stereocenters. The van der Waals surface area contributed by atoms with E-state index in [0.717, 1.165) is 25.8 Å². The highest BCUT2D eigenvalue weighted by Crippen LogP contribution is 2.38. The van der Waals surface area contributed by atoms with Crippen molar-refractivity contribution < 1.29 is 24.5 Å². The second-order valence-electron chi connectivity index (χ2n) is 7.01. The summed E-state index contributed by atoms with van der Waals surface area (Å²) >= 11 is 7.05. The zero-order chi connectivity index (χ0) is 23.1. The third-order valence-electron chi connectivity index (χ3n) is 4.67. The number of aryl methyl sites for hydroxylation is 1. The minimum absolute atomic E-state index is 0.174. The molecule has 1 saturated heterocycles. The average Bonchev–Trinajstić information content (AvgIpc) is 3.40. The minimum Gasteiger partial charge on any atom is -0.491 e. The van der Waals surface area contributed by atoms with Gasteiger partial charge in [-0.3, -0.25) is 0 Å². The summed E-state index contributed by atoms with van der Waals surface area (Å²) in [4.78, 5) is 12.5. The van der Waals surface area contributed by atoms with Gasteiger partial charge >= 0.3 is 0 Å². The van der Waals surface area contributed by atoms with Crippen LogP contribution in [0.25, 0.3) is 0 Å². The Labute approximate surface area is 201 Å². The molecule has 9 nitrogen and oxygen atoms in total. The largest absolute Gasteiger partial charge is 0.491 e. The lowest BCUT2D eigenvalue weighted by Crippen LogP contribution is -2.34. The number of benzene rings is 2. The fraction of sp³-hybridized carbons (Fsp3) is 0.286. The zero-order valence-electron chi connectivity index (χ0n) is 17.1. The molecule has 0 saturated carbocycles. The van der Waals surface area contributed by atoms with Crippen LogP contribution in [0.5, 0.6) is 5.75 Å². The Morgan fingerprint density at radius 2 is 2.03 bits per heavy atom. The molecule has 1 aliphatic rings. The van der Waals surface area contributed by atoms with Crippen LogP contribution in [0.3, 0.4) is 0 Å².